The predicted octanol–water partition coefficient (Wildman–Crippen LogP) is 4.78. The number of aromatic hydroxyl groups is 1. The number of anilines is 1. The number of benzene rings is 2. The van der Waals surface area contributed by atoms with Gasteiger partial charge < -0.3 is 10.0 Å². The zero-order valence-electron chi connectivity index (χ0n) is 11.7. The molecule has 0 saturated carbocycles. The monoisotopic (exact) mass is 367 g/mol. The van der Waals surface area contributed by atoms with Crippen molar-refractivity contribution < 1.29 is 9.90 Å². The summed E-state index contributed by atoms with van der Waals surface area (Å²) < 4.78 is 0.748. The lowest BCUT2D eigenvalue weighted by Crippen LogP contribution is -2.31. The molecule has 0 aromatic heterocycles. The zero-order chi connectivity index (χ0) is 15.6. The molecule has 0 fully saturated rings. The molecule has 3 nitrogen and oxygen atoms in total. The Kier molecular flexibility index (Phi) is 4.91. The average molecular weight is 369 g/mol. The first kappa shape index (κ1) is 15.9. The second kappa shape index (κ2) is 6.50. The van der Waals surface area contributed by atoms with Gasteiger partial charge in [0.1, 0.15) is 5.75 Å². The summed E-state index contributed by atoms with van der Waals surface area (Å²) in [4.78, 5) is 14.3. The van der Waals surface area contributed by atoms with Crippen LogP contribution < -0.4 is 4.90 Å². The molecule has 0 bridgehead atoms. The minimum atomic E-state index is -0.152. The smallest absolute Gasteiger partial charge is 0.258 e. The van der Waals surface area contributed by atoms with Gasteiger partial charge in [-0.3, -0.25) is 4.79 Å². The fourth-order valence-corrected chi connectivity index (χ4v) is 2.52. The van der Waals surface area contributed by atoms with Gasteiger partial charge in [0.25, 0.3) is 5.91 Å². The van der Waals surface area contributed by atoms with Crippen molar-refractivity contribution in [3.8, 4) is 5.75 Å². The zero-order valence-corrected chi connectivity index (χ0v) is 14.1. The van der Waals surface area contributed by atoms with Gasteiger partial charge in [0.2, 0.25) is 0 Å². The molecule has 2 rings (SSSR count). The number of phenols is 1. The second-order valence-electron chi connectivity index (χ2n) is 4.65. The Morgan fingerprint density at radius 2 is 2.00 bits per heavy atom. The number of aryl methyl sites for hydroxylation is 1. The molecule has 1 amide bonds. The molecule has 0 aliphatic rings. The standard InChI is InChI=1S/C16H15BrClNO2/c1-3-19(15-9-12(20)6-4-10(15)2)16(21)11-5-7-13(17)14(18)8-11/h4-9,20H,3H2,1-2H3. The number of phenolic OH excluding ortho intramolecular Hbond substituents is 1. The first-order valence-corrected chi connectivity index (χ1v) is 7.67. The largest absolute Gasteiger partial charge is 0.508 e. The maximum Gasteiger partial charge on any atom is 0.258 e. The molecule has 21 heavy (non-hydrogen) atoms. The van der Waals surface area contributed by atoms with Crippen molar-refractivity contribution >= 4 is 39.1 Å². The van der Waals surface area contributed by atoms with Crippen molar-refractivity contribution in [2.24, 2.45) is 0 Å². The van der Waals surface area contributed by atoms with E-state index in [1.165, 1.54) is 0 Å². The number of halogens is 2. The molecule has 0 aliphatic carbocycles. The average Bonchev–Trinajstić information content (AvgIpc) is 2.46. The molecule has 0 unspecified atom stereocenters. The Balaban J connectivity index is 2.43. The lowest BCUT2D eigenvalue weighted by atomic mass is 10.1. The lowest BCUT2D eigenvalue weighted by Gasteiger charge is -2.23. The van der Waals surface area contributed by atoms with E-state index in [0.717, 1.165) is 10.0 Å². The van der Waals surface area contributed by atoms with E-state index in [2.05, 4.69) is 15.9 Å². The first-order chi connectivity index (χ1) is 9.93. The molecular formula is C16H15BrClNO2. The van der Waals surface area contributed by atoms with Crippen molar-refractivity contribution in [1.29, 1.82) is 0 Å². The van der Waals surface area contributed by atoms with E-state index >= 15 is 0 Å². The third-order valence-electron chi connectivity index (χ3n) is 3.21. The fraction of sp³-hybridized carbons (Fsp3) is 0.188. The predicted molar refractivity (Wildman–Crippen MR) is 89.3 cm³/mol. The van der Waals surface area contributed by atoms with Crippen LogP contribution in [0.4, 0.5) is 5.69 Å². The number of amides is 1. The summed E-state index contributed by atoms with van der Waals surface area (Å²) in [6.07, 6.45) is 0. The van der Waals surface area contributed by atoms with Crippen LogP contribution in [0.5, 0.6) is 5.75 Å². The highest BCUT2D eigenvalue weighted by atomic mass is 79.9. The number of hydrogen-bond donors (Lipinski definition) is 1. The molecule has 110 valence electrons. The number of nitrogens with zero attached hydrogens (tertiary/aromatic N) is 1. The molecular weight excluding hydrogens is 354 g/mol. The van der Waals surface area contributed by atoms with Crippen LogP contribution in [0, 0.1) is 6.92 Å². The molecule has 0 atom stereocenters. The molecule has 5 heteroatoms. The van der Waals surface area contributed by atoms with Gasteiger partial charge in [0.05, 0.1) is 10.7 Å². The summed E-state index contributed by atoms with van der Waals surface area (Å²) in [5, 5.41) is 10.1. The van der Waals surface area contributed by atoms with Gasteiger partial charge in [-0.2, -0.15) is 0 Å². The van der Waals surface area contributed by atoms with Crippen LogP contribution in [0.15, 0.2) is 40.9 Å². The number of hydrogen-bond acceptors (Lipinski definition) is 2. The second-order valence-corrected chi connectivity index (χ2v) is 5.91. The number of carbonyl (C=O) groups excluding carboxylic acids is 1. The Morgan fingerprint density at radius 3 is 2.62 bits per heavy atom. The van der Waals surface area contributed by atoms with Crippen molar-refractivity contribution in [2.75, 3.05) is 11.4 Å². The molecule has 0 radical (unpaired) electrons. The molecule has 1 N–H and O–H groups in total. The summed E-state index contributed by atoms with van der Waals surface area (Å²) in [5.74, 6) is -0.0173. The third-order valence-corrected chi connectivity index (χ3v) is 4.44. The van der Waals surface area contributed by atoms with Gasteiger partial charge in [-0.1, -0.05) is 17.7 Å². The van der Waals surface area contributed by atoms with Crippen molar-refractivity contribution in [2.45, 2.75) is 13.8 Å². The normalized spacial score (nSPS) is 10.5. The van der Waals surface area contributed by atoms with Gasteiger partial charge in [-0.15, -0.1) is 0 Å². The maximum absolute atomic E-state index is 12.7. The number of rotatable bonds is 3. The van der Waals surface area contributed by atoms with Crippen LogP contribution in [-0.2, 0) is 0 Å². The van der Waals surface area contributed by atoms with E-state index in [-0.39, 0.29) is 11.7 Å². The summed E-state index contributed by atoms with van der Waals surface area (Å²) >= 11 is 9.36. The first-order valence-electron chi connectivity index (χ1n) is 6.50. The van der Waals surface area contributed by atoms with E-state index in [1.807, 2.05) is 13.8 Å². The molecule has 0 heterocycles. The van der Waals surface area contributed by atoms with Gasteiger partial charge in [0.15, 0.2) is 0 Å². The van der Waals surface area contributed by atoms with Crippen LogP contribution in [-0.4, -0.2) is 17.6 Å². The third kappa shape index (κ3) is 3.39. The van der Waals surface area contributed by atoms with Gasteiger partial charge in [-0.05, 0) is 59.6 Å². The minimum Gasteiger partial charge on any atom is -0.508 e. The highest BCUT2D eigenvalue weighted by Crippen LogP contribution is 2.28. The van der Waals surface area contributed by atoms with Gasteiger partial charge >= 0.3 is 0 Å². The summed E-state index contributed by atoms with van der Waals surface area (Å²) in [6, 6.07) is 10.1. The lowest BCUT2D eigenvalue weighted by molar-refractivity contribution is 0.0988. The summed E-state index contributed by atoms with van der Waals surface area (Å²) in [7, 11) is 0. The summed E-state index contributed by atoms with van der Waals surface area (Å²) in [5.41, 5.74) is 2.13. The molecule has 2 aromatic carbocycles. The van der Waals surface area contributed by atoms with E-state index in [0.29, 0.717) is 22.8 Å². The van der Waals surface area contributed by atoms with E-state index in [4.69, 9.17) is 11.6 Å². The van der Waals surface area contributed by atoms with E-state index in [1.54, 1.807) is 41.3 Å². The van der Waals surface area contributed by atoms with Crippen LogP contribution in [0.3, 0.4) is 0 Å². The van der Waals surface area contributed by atoms with Crippen molar-refractivity contribution in [3.05, 3.63) is 57.0 Å². The molecule has 0 aliphatic heterocycles. The quantitative estimate of drug-likeness (QED) is 0.846. The Labute approximate surface area is 137 Å². The Morgan fingerprint density at radius 1 is 1.29 bits per heavy atom. The maximum atomic E-state index is 12.7. The molecule has 0 saturated heterocycles. The topological polar surface area (TPSA) is 40.5 Å². The van der Waals surface area contributed by atoms with Crippen molar-refractivity contribution in [1.82, 2.24) is 0 Å². The van der Waals surface area contributed by atoms with Gasteiger partial charge in [-0.25, -0.2) is 0 Å². The van der Waals surface area contributed by atoms with Crippen LogP contribution >= 0.6 is 27.5 Å². The van der Waals surface area contributed by atoms with Crippen molar-refractivity contribution in [3.63, 3.8) is 0 Å². The molecule has 0 spiro atoms. The SMILES string of the molecule is CCN(C(=O)c1ccc(Br)c(Cl)c1)c1cc(O)ccc1C. The van der Waals surface area contributed by atoms with Crippen LogP contribution in [0.2, 0.25) is 5.02 Å². The highest BCUT2D eigenvalue weighted by molar-refractivity contribution is 9.10. The Hall–Kier alpha value is -1.52. The summed E-state index contributed by atoms with van der Waals surface area (Å²) in [6.45, 7) is 4.29. The van der Waals surface area contributed by atoms with E-state index < -0.39 is 0 Å². The highest BCUT2D eigenvalue weighted by Gasteiger charge is 2.19. The van der Waals surface area contributed by atoms with E-state index in [9.17, 15) is 9.90 Å². The van der Waals surface area contributed by atoms with Crippen LogP contribution in [0.1, 0.15) is 22.8 Å². The fourth-order valence-electron chi connectivity index (χ4n) is 2.10. The van der Waals surface area contributed by atoms with Gasteiger partial charge in [0, 0.05) is 22.6 Å². The minimum absolute atomic E-state index is 0.135. The van der Waals surface area contributed by atoms with Crippen LogP contribution in [0.25, 0.3) is 0 Å². The number of carbonyl (C=O) groups is 1. The molecule has 2 aromatic rings. The Bertz CT molecular complexity index is 688.